The van der Waals surface area contributed by atoms with Crippen molar-refractivity contribution in [2.45, 2.75) is 110 Å². The zero-order valence-corrected chi connectivity index (χ0v) is 17.7. The number of aliphatic hydroxyl groups is 2. The Bertz CT molecular complexity index is 421. The first-order valence-electron chi connectivity index (χ1n) is 10.4. The molecule has 2 N–H and O–H groups in total. The molecule has 2 atom stereocenters. The quantitative estimate of drug-likeness (QED) is 0.308. The van der Waals surface area contributed by atoms with E-state index in [2.05, 4.69) is 0 Å². The number of ether oxygens (including phenoxy) is 2. The van der Waals surface area contributed by atoms with Crippen molar-refractivity contribution in [3.63, 3.8) is 0 Å². The summed E-state index contributed by atoms with van der Waals surface area (Å²) < 4.78 is 10.7. The Morgan fingerprint density at radius 2 is 1.48 bits per heavy atom. The Morgan fingerprint density at radius 3 is 2.04 bits per heavy atom. The first-order chi connectivity index (χ1) is 12.7. The van der Waals surface area contributed by atoms with E-state index in [1.54, 1.807) is 0 Å². The maximum absolute atomic E-state index is 12.0. The van der Waals surface area contributed by atoms with E-state index < -0.39 is 11.2 Å². The fraction of sp³-hybridized carbons (Fsp3) is 0.905. The van der Waals surface area contributed by atoms with Crippen LogP contribution in [-0.2, 0) is 19.1 Å². The summed E-state index contributed by atoms with van der Waals surface area (Å²) in [7, 11) is 0. The van der Waals surface area contributed by atoms with Crippen LogP contribution in [0.4, 0.5) is 0 Å². The number of hydrogen-bond acceptors (Lipinski definition) is 6. The molecule has 0 aliphatic carbocycles. The molecule has 0 amide bonds. The van der Waals surface area contributed by atoms with Gasteiger partial charge in [0.05, 0.1) is 12.2 Å². The first kappa shape index (κ1) is 25.9. The van der Waals surface area contributed by atoms with Crippen LogP contribution >= 0.6 is 0 Å². The SMILES string of the molecule is CCC(C)(O)CCCCOC(=O)CCCCC(=O)OC(C)(CC)CCCO. The van der Waals surface area contributed by atoms with Gasteiger partial charge in [0.25, 0.3) is 0 Å². The lowest BCUT2D eigenvalue weighted by atomic mass is 9.96. The van der Waals surface area contributed by atoms with Crippen molar-refractivity contribution in [1.29, 1.82) is 0 Å². The molecule has 0 fully saturated rings. The van der Waals surface area contributed by atoms with E-state index >= 15 is 0 Å². The molecule has 0 aliphatic rings. The minimum Gasteiger partial charge on any atom is -0.466 e. The van der Waals surface area contributed by atoms with Crippen molar-refractivity contribution in [1.82, 2.24) is 0 Å². The van der Waals surface area contributed by atoms with Gasteiger partial charge in [-0.3, -0.25) is 9.59 Å². The lowest BCUT2D eigenvalue weighted by molar-refractivity contribution is -0.160. The van der Waals surface area contributed by atoms with E-state index in [0.717, 1.165) is 12.8 Å². The van der Waals surface area contributed by atoms with Gasteiger partial charge < -0.3 is 19.7 Å². The molecule has 0 bridgehead atoms. The number of aliphatic hydroxyl groups excluding tert-OH is 1. The highest BCUT2D eigenvalue weighted by Gasteiger charge is 2.25. The van der Waals surface area contributed by atoms with Crippen molar-refractivity contribution < 1.29 is 29.3 Å². The van der Waals surface area contributed by atoms with Gasteiger partial charge in [-0.25, -0.2) is 0 Å². The van der Waals surface area contributed by atoms with E-state index in [9.17, 15) is 14.7 Å². The van der Waals surface area contributed by atoms with Crippen molar-refractivity contribution in [2.75, 3.05) is 13.2 Å². The maximum Gasteiger partial charge on any atom is 0.306 e. The molecule has 6 nitrogen and oxygen atoms in total. The second kappa shape index (κ2) is 13.9. The fourth-order valence-electron chi connectivity index (χ4n) is 2.66. The van der Waals surface area contributed by atoms with Gasteiger partial charge in [-0.05, 0) is 71.6 Å². The molecular formula is C21H40O6. The van der Waals surface area contributed by atoms with Gasteiger partial charge in [0.15, 0.2) is 0 Å². The Labute approximate surface area is 164 Å². The van der Waals surface area contributed by atoms with Gasteiger partial charge in [0.2, 0.25) is 0 Å². The van der Waals surface area contributed by atoms with Gasteiger partial charge in [0.1, 0.15) is 5.60 Å². The Kier molecular flexibility index (Phi) is 13.4. The number of carbonyl (C=O) groups excluding carboxylic acids is 2. The number of esters is 2. The monoisotopic (exact) mass is 388 g/mol. The molecule has 0 aliphatic heterocycles. The van der Waals surface area contributed by atoms with Gasteiger partial charge >= 0.3 is 11.9 Å². The Hall–Kier alpha value is -1.14. The first-order valence-corrected chi connectivity index (χ1v) is 10.4. The van der Waals surface area contributed by atoms with Crippen LogP contribution in [0.2, 0.25) is 0 Å². The van der Waals surface area contributed by atoms with Crippen LogP contribution in [0, 0.1) is 0 Å². The second-order valence-corrected chi connectivity index (χ2v) is 7.84. The van der Waals surface area contributed by atoms with Crippen molar-refractivity contribution >= 4 is 11.9 Å². The normalized spacial score (nSPS) is 15.6. The summed E-state index contributed by atoms with van der Waals surface area (Å²) in [4.78, 5) is 23.6. The highest BCUT2D eigenvalue weighted by Crippen LogP contribution is 2.23. The van der Waals surface area contributed by atoms with Crippen molar-refractivity contribution in [2.24, 2.45) is 0 Å². The third kappa shape index (κ3) is 13.6. The summed E-state index contributed by atoms with van der Waals surface area (Å²) in [5.41, 5.74) is -1.16. The maximum atomic E-state index is 12.0. The summed E-state index contributed by atoms with van der Waals surface area (Å²) >= 11 is 0. The van der Waals surface area contributed by atoms with Crippen LogP contribution in [0.3, 0.4) is 0 Å². The molecule has 0 saturated carbocycles. The van der Waals surface area contributed by atoms with E-state index in [-0.39, 0.29) is 25.0 Å². The van der Waals surface area contributed by atoms with Crippen LogP contribution in [-0.4, -0.2) is 46.6 Å². The minimum atomic E-state index is -0.634. The summed E-state index contributed by atoms with van der Waals surface area (Å²) in [5, 5.41) is 18.8. The third-order valence-corrected chi connectivity index (χ3v) is 5.12. The van der Waals surface area contributed by atoms with Crippen molar-refractivity contribution in [3.8, 4) is 0 Å². The molecule has 0 saturated heterocycles. The molecule has 27 heavy (non-hydrogen) atoms. The number of rotatable bonds is 16. The predicted molar refractivity (Wildman–Crippen MR) is 105 cm³/mol. The standard InChI is InChI=1S/C21H40O6/c1-5-20(3,25)14-9-10-17-26-18(23)12-7-8-13-19(24)27-21(4,6-2)15-11-16-22/h22,25H,5-17H2,1-4H3. The molecule has 6 heteroatoms. The molecule has 160 valence electrons. The van der Waals surface area contributed by atoms with Crippen LogP contribution < -0.4 is 0 Å². The number of hydrogen-bond donors (Lipinski definition) is 2. The van der Waals surface area contributed by atoms with Gasteiger partial charge in [-0.15, -0.1) is 0 Å². The van der Waals surface area contributed by atoms with Gasteiger partial charge in [-0.1, -0.05) is 13.8 Å². The molecular weight excluding hydrogens is 348 g/mol. The summed E-state index contributed by atoms with van der Waals surface area (Å²) in [6.07, 6.45) is 6.73. The van der Waals surface area contributed by atoms with Crippen LogP contribution in [0.1, 0.15) is 98.3 Å². The topological polar surface area (TPSA) is 93.1 Å². The van der Waals surface area contributed by atoms with Gasteiger partial charge in [-0.2, -0.15) is 0 Å². The Balaban J connectivity index is 3.79. The van der Waals surface area contributed by atoms with Crippen LogP contribution in [0.5, 0.6) is 0 Å². The zero-order valence-electron chi connectivity index (χ0n) is 17.7. The third-order valence-electron chi connectivity index (χ3n) is 5.12. The van der Waals surface area contributed by atoms with Crippen molar-refractivity contribution in [3.05, 3.63) is 0 Å². The summed E-state index contributed by atoms with van der Waals surface area (Å²) in [6, 6.07) is 0. The average molecular weight is 389 g/mol. The summed E-state index contributed by atoms with van der Waals surface area (Å²) in [6.45, 7) is 8.09. The minimum absolute atomic E-state index is 0.0904. The molecule has 0 rings (SSSR count). The molecule has 0 aromatic carbocycles. The lowest BCUT2D eigenvalue weighted by Gasteiger charge is -2.28. The van der Waals surface area contributed by atoms with Gasteiger partial charge in [0, 0.05) is 19.4 Å². The highest BCUT2D eigenvalue weighted by atomic mass is 16.6. The molecule has 0 radical (unpaired) electrons. The molecule has 0 aromatic rings. The molecule has 0 spiro atoms. The fourth-order valence-corrected chi connectivity index (χ4v) is 2.66. The molecule has 0 aromatic heterocycles. The van der Waals surface area contributed by atoms with E-state index in [1.165, 1.54) is 0 Å². The summed E-state index contributed by atoms with van der Waals surface area (Å²) in [5.74, 6) is -0.499. The highest BCUT2D eigenvalue weighted by molar-refractivity contribution is 5.70. The largest absolute Gasteiger partial charge is 0.466 e. The molecule has 2 unspecified atom stereocenters. The van der Waals surface area contributed by atoms with E-state index in [4.69, 9.17) is 14.6 Å². The average Bonchev–Trinajstić information content (AvgIpc) is 2.63. The zero-order chi connectivity index (χ0) is 20.8. The lowest BCUT2D eigenvalue weighted by Crippen LogP contribution is -2.31. The predicted octanol–water partition coefficient (Wildman–Crippen LogP) is 3.91. The van der Waals surface area contributed by atoms with E-state index in [1.807, 2.05) is 27.7 Å². The molecule has 0 heterocycles. The van der Waals surface area contributed by atoms with E-state index in [0.29, 0.717) is 58.0 Å². The van der Waals surface area contributed by atoms with Crippen LogP contribution in [0.25, 0.3) is 0 Å². The number of carbonyl (C=O) groups is 2. The second-order valence-electron chi connectivity index (χ2n) is 7.84. The number of unbranched alkanes of at least 4 members (excludes halogenated alkanes) is 2. The Morgan fingerprint density at radius 1 is 0.852 bits per heavy atom. The smallest absolute Gasteiger partial charge is 0.306 e. The van der Waals surface area contributed by atoms with Crippen LogP contribution in [0.15, 0.2) is 0 Å².